The van der Waals surface area contributed by atoms with Crippen LogP contribution in [0.4, 0.5) is 10.5 Å². The van der Waals surface area contributed by atoms with Crippen LogP contribution in [0.5, 0.6) is 0 Å². The lowest BCUT2D eigenvalue weighted by Crippen LogP contribution is -2.40. The van der Waals surface area contributed by atoms with E-state index in [2.05, 4.69) is 5.32 Å². The topological polar surface area (TPSA) is 78.9 Å². The summed E-state index contributed by atoms with van der Waals surface area (Å²) in [5.41, 5.74) is 0.0294. The van der Waals surface area contributed by atoms with Gasteiger partial charge >= 0.3 is 12.0 Å². The first-order valence-electron chi connectivity index (χ1n) is 5.93. The number of hydrogen-bond donors (Lipinski definition) is 2. The van der Waals surface area contributed by atoms with Crippen LogP contribution in [0, 0.1) is 0 Å². The Labute approximate surface area is 122 Å². The van der Waals surface area contributed by atoms with E-state index in [0.29, 0.717) is 6.61 Å². The molecule has 1 atom stereocenters. The van der Waals surface area contributed by atoms with Crippen molar-refractivity contribution in [1.29, 1.82) is 0 Å². The number of urea groups is 1. The first kappa shape index (κ1) is 16.3. The van der Waals surface area contributed by atoms with Crippen LogP contribution in [-0.2, 0) is 4.74 Å². The number of nitrogens with zero attached hydrogens (tertiary/aromatic N) is 1. The summed E-state index contributed by atoms with van der Waals surface area (Å²) >= 11 is 5.83. The van der Waals surface area contributed by atoms with E-state index in [1.165, 1.54) is 17.0 Å². The molecule has 1 aromatic carbocycles. The molecule has 1 unspecified atom stereocenters. The quantitative estimate of drug-likeness (QED) is 0.876. The van der Waals surface area contributed by atoms with Gasteiger partial charge in [-0.15, -0.1) is 0 Å². The third-order valence-electron chi connectivity index (χ3n) is 2.86. The van der Waals surface area contributed by atoms with Gasteiger partial charge in [0, 0.05) is 14.2 Å². The molecule has 0 aliphatic rings. The first-order chi connectivity index (χ1) is 9.38. The van der Waals surface area contributed by atoms with Crippen LogP contribution in [0.15, 0.2) is 18.2 Å². The Morgan fingerprint density at radius 2 is 2.15 bits per heavy atom. The summed E-state index contributed by atoms with van der Waals surface area (Å²) in [6.07, 6.45) is 0. The van der Waals surface area contributed by atoms with Gasteiger partial charge in [-0.2, -0.15) is 0 Å². The van der Waals surface area contributed by atoms with Crippen molar-refractivity contribution in [3.8, 4) is 0 Å². The molecule has 0 saturated heterocycles. The fourth-order valence-electron chi connectivity index (χ4n) is 1.60. The maximum absolute atomic E-state index is 12.0. The third-order valence-corrected chi connectivity index (χ3v) is 3.17. The molecule has 0 bridgehead atoms. The molecule has 2 amide bonds. The molecule has 0 aliphatic carbocycles. The lowest BCUT2D eigenvalue weighted by molar-refractivity contribution is 0.0698. The zero-order valence-electron chi connectivity index (χ0n) is 11.5. The predicted molar refractivity (Wildman–Crippen MR) is 76.5 cm³/mol. The van der Waals surface area contributed by atoms with E-state index in [9.17, 15) is 9.59 Å². The average molecular weight is 301 g/mol. The molecule has 0 spiro atoms. The second-order valence-electron chi connectivity index (χ2n) is 4.31. The fraction of sp³-hybridized carbons (Fsp3) is 0.385. The van der Waals surface area contributed by atoms with Crippen LogP contribution in [0.25, 0.3) is 0 Å². The van der Waals surface area contributed by atoms with Gasteiger partial charge in [-0.1, -0.05) is 17.7 Å². The molecule has 2 N–H and O–H groups in total. The van der Waals surface area contributed by atoms with Gasteiger partial charge in [0.05, 0.1) is 23.4 Å². The molecular weight excluding hydrogens is 284 g/mol. The molecule has 0 fully saturated rings. The number of rotatable bonds is 5. The summed E-state index contributed by atoms with van der Waals surface area (Å²) in [5, 5.41) is 11.7. The number of aromatic carboxylic acids is 1. The second-order valence-corrected chi connectivity index (χ2v) is 4.72. The molecule has 0 aromatic heterocycles. The molecule has 7 heteroatoms. The lowest BCUT2D eigenvalue weighted by Gasteiger charge is -2.25. The molecule has 0 radical (unpaired) electrons. The summed E-state index contributed by atoms with van der Waals surface area (Å²) in [7, 11) is 3.14. The van der Waals surface area contributed by atoms with E-state index in [1.807, 2.05) is 6.92 Å². The summed E-state index contributed by atoms with van der Waals surface area (Å²) in [6.45, 7) is 2.20. The summed E-state index contributed by atoms with van der Waals surface area (Å²) in [6, 6.07) is 3.94. The largest absolute Gasteiger partial charge is 0.478 e. The monoisotopic (exact) mass is 300 g/mol. The zero-order valence-corrected chi connectivity index (χ0v) is 12.3. The number of benzene rings is 1. The Kier molecular flexibility index (Phi) is 5.79. The maximum atomic E-state index is 12.0. The van der Waals surface area contributed by atoms with E-state index >= 15 is 0 Å². The minimum absolute atomic E-state index is 0.0721. The predicted octanol–water partition coefficient (Wildman–Crippen LogP) is 2.54. The average Bonchev–Trinajstić information content (AvgIpc) is 2.37. The van der Waals surface area contributed by atoms with Crippen molar-refractivity contribution in [2.45, 2.75) is 13.0 Å². The number of amides is 2. The van der Waals surface area contributed by atoms with Gasteiger partial charge in [0.15, 0.2) is 0 Å². The number of hydrogen-bond acceptors (Lipinski definition) is 3. The molecule has 110 valence electrons. The number of likely N-dealkylation sites (N-methyl/N-ethyl adjacent to an activating group) is 1. The number of nitrogens with one attached hydrogen (secondary N) is 1. The van der Waals surface area contributed by atoms with Gasteiger partial charge in [-0.3, -0.25) is 0 Å². The number of methoxy groups -OCH3 is 1. The summed E-state index contributed by atoms with van der Waals surface area (Å²) < 4.78 is 4.97. The van der Waals surface area contributed by atoms with E-state index in [1.54, 1.807) is 20.2 Å². The van der Waals surface area contributed by atoms with Crippen molar-refractivity contribution < 1.29 is 19.4 Å². The smallest absolute Gasteiger partial charge is 0.339 e. The normalized spacial score (nSPS) is 11.8. The maximum Gasteiger partial charge on any atom is 0.339 e. The number of carboxylic acid groups (broad SMARTS) is 1. The molecule has 1 rings (SSSR count). The molecule has 0 saturated carbocycles. The standard InChI is InChI=1S/C13H17ClN2O4/c1-8(7-20-3)16(2)13(19)15-10-6-4-5-9(14)11(10)12(17)18/h4-6,8H,7H2,1-3H3,(H,15,19)(H,17,18). The molecule has 1 aromatic rings. The van der Waals surface area contributed by atoms with Crippen molar-refractivity contribution in [3.63, 3.8) is 0 Å². The highest BCUT2D eigenvalue weighted by Crippen LogP contribution is 2.24. The van der Waals surface area contributed by atoms with E-state index in [0.717, 1.165) is 0 Å². The highest BCUT2D eigenvalue weighted by atomic mass is 35.5. The SMILES string of the molecule is COCC(C)N(C)C(=O)Nc1cccc(Cl)c1C(=O)O. The van der Waals surface area contributed by atoms with Crippen molar-refractivity contribution in [1.82, 2.24) is 4.90 Å². The number of anilines is 1. The highest BCUT2D eigenvalue weighted by molar-refractivity contribution is 6.34. The van der Waals surface area contributed by atoms with E-state index < -0.39 is 12.0 Å². The highest BCUT2D eigenvalue weighted by Gasteiger charge is 2.20. The molecular formula is C13H17ClN2O4. The number of carbonyl (C=O) groups excluding carboxylic acids is 1. The number of carbonyl (C=O) groups is 2. The molecule has 0 aliphatic heterocycles. The molecule has 20 heavy (non-hydrogen) atoms. The second kappa shape index (κ2) is 7.12. The Bertz CT molecular complexity index is 507. The van der Waals surface area contributed by atoms with Crippen molar-refractivity contribution >= 4 is 29.3 Å². The Morgan fingerprint density at radius 1 is 1.50 bits per heavy atom. The van der Waals surface area contributed by atoms with Crippen molar-refractivity contribution in [2.75, 3.05) is 26.1 Å². The molecule has 6 nitrogen and oxygen atoms in total. The van der Waals surface area contributed by atoms with Gasteiger partial charge in [-0.05, 0) is 19.1 Å². The molecule has 0 heterocycles. The van der Waals surface area contributed by atoms with Crippen LogP contribution >= 0.6 is 11.6 Å². The van der Waals surface area contributed by atoms with Gasteiger partial charge in [0.1, 0.15) is 5.56 Å². The summed E-state index contributed by atoms with van der Waals surface area (Å²) in [4.78, 5) is 24.6. The fourth-order valence-corrected chi connectivity index (χ4v) is 1.86. The minimum Gasteiger partial charge on any atom is -0.478 e. The zero-order chi connectivity index (χ0) is 15.3. The first-order valence-corrected chi connectivity index (χ1v) is 6.30. The van der Waals surface area contributed by atoms with Crippen LogP contribution in [0.1, 0.15) is 17.3 Å². The van der Waals surface area contributed by atoms with E-state index in [4.69, 9.17) is 21.4 Å². The van der Waals surface area contributed by atoms with Gasteiger partial charge in [0.25, 0.3) is 0 Å². The Balaban J connectivity index is 2.91. The number of ether oxygens (including phenoxy) is 1. The van der Waals surface area contributed by atoms with Gasteiger partial charge in [-0.25, -0.2) is 9.59 Å². The van der Waals surface area contributed by atoms with Crippen LogP contribution in [-0.4, -0.2) is 48.8 Å². The Morgan fingerprint density at radius 3 is 2.70 bits per heavy atom. The Hall–Kier alpha value is -1.79. The van der Waals surface area contributed by atoms with Crippen LogP contribution < -0.4 is 5.32 Å². The summed E-state index contributed by atoms with van der Waals surface area (Å²) in [5.74, 6) is -1.20. The van der Waals surface area contributed by atoms with Crippen LogP contribution in [0.3, 0.4) is 0 Å². The van der Waals surface area contributed by atoms with Crippen molar-refractivity contribution in [3.05, 3.63) is 28.8 Å². The van der Waals surface area contributed by atoms with E-state index in [-0.39, 0.29) is 22.3 Å². The number of carboxylic acids is 1. The van der Waals surface area contributed by atoms with Crippen molar-refractivity contribution in [2.24, 2.45) is 0 Å². The third kappa shape index (κ3) is 3.85. The lowest BCUT2D eigenvalue weighted by atomic mass is 10.2. The van der Waals surface area contributed by atoms with Gasteiger partial charge < -0.3 is 20.1 Å². The van der Waals surface area contributed by atoms with Gasteiger partial charge in [0.2, 0.25) is 0 Å². The minimum atomic E-state index is -1.20. The number of halogens is 1. The van der Waals surface area contributed by atoms with Crippen LogP contribution in [0.2, 0.25) is 5.02 Å².